The standard InChI is InChI=1S/C27H41NO7/c1-5-12-27(18(2)3,24(29)30-4)28-17-19-20-21(33-25(32-20)13-8-6-9-14-25)22-23(31-19)35-26(34-22)15-10-7-11-16-26/h5,17-23H,1,6-16H2,2-4H3/t19-,20+,21+,22-,23-,27-/m1/s1. The van der Waals surface area contributed by atoms with Crippen molar-refractivity contribution in [2.24, 2.45) is 10.9 Å². The number of carbonyl (C=O) groups excluding carboxylic acids is 1. The summed E-state index contributed by atoms with van der Waals surface area (Å²) in [6.07, 6.45) is 11.8. The number of rotatable bonds is 6. The summed E-state index contributed by atoms with van der Waals surface area (Å²) in [6, 6.07) is 0. The monoisotopic (exact) mass is 491 g/mol. The van der Waals surface area contributed by atoms with Crippen molar-refractivity contribution in [2.45, 2.75) is 132 Å². The van der Waals surface area contributed by atoms with Gasteiger partial charge >= 0.3 is 5.97 Å². The largest absolute Gasteiger partial charge is 0.467 e. The molecule has 196 valence electrons. The highest BCUT2D eigenvalue weighted by Gasteiger charge is 2.63. The third kappa shape index (κ3) is 4.50. The number of ether oxygens (including phenoxy) is 6. The lowest BCUT2D eigenvalue weighted by Gasteiger charge is -2.36. The molecule has 0 aromatic heterocycles. The highest BCUT2D eigenvalue weighted by molar-refractivity contribution is 5.84. The van der Waals surface area contributed by atoms with E-state index in [1.54, 1.807) is 12.3 Å². The highest BCUT2D eigenvalue weighted by atomic mass is 16.9. The summed E-state index contributed by atoms with van der Waals surface area (Å²) in [5, 5.41) is 0. The van der Waals surface area contributed by atoms with E-state index in [4.69, 9.17) is 33.4 Å². The minimum absolute atomic E-state index is 0.0988. The number of esters is 1. The molecule has 0 aromatic rings. The molecular formula is C27H41NO7. The van der Waals surface area contributed by atoms with E-state index in [9.17, 15) is 4.79 Å². The number of methoxy groups -OCH3 is 1. The first kappa shape index (κ1) is 25.3. The van der Waals surface area contributed by atoms with E-state index in [1.807, 2.05) is 13.8 Å². The Balaban J connectivity index is 1.45. The van der Waals surface area contributed by atoms with E-state index in [0.29, 0.717) is 6.42 Å². The quantitative estimate of drug-likeness (QED) is 0.308. The SMILES string of the molecule is C=CC[C@](N=C[C@H]1O[C@@H]2OC3(CCCCC3)O[C@@H]2[C@H]2OC3(CCCCC3)O[C@H]21)(C(=O)OC)C(C)C. The minimum Gasteiger partial charge on any atom is -0.467 e. The molecule has 8 nitrogen and oxygen atoms in total. The summed E-state index contributed by atoms with van der Waals surface area (Å²) in [7, 11) is 1.39. The number of fused-ring (bicyclic) bond motifs is 3. The Morgan fingerprint density at radius 2 is 1.54 bits per heavy atom. The lowest BCUT2D eigenvalue weighted by Crippen LogP contribution is -2.56. The molecule has 3 saturated heterocycles. The summed E-state index contributed by atoms with van der Waals surface area (Å²) in [6.45, 7) is 7.77. The molecule has 3 heterocycles. The van der Waals surface area contributed by atoms with Crippen molar-refractivity contribution < 1.29 is 33.2 Å². The zero-order valence-electron chi connectivity index (χ0n) is 21.4. The predicted octanol–water partition coefficient (Wildman–Crippen LogP) is 4.45. The van der Waals surface area contributed by atoms with Gasteiger partial charge < -0.3 is 28.4 Å². The zero-order chi connectivity index (χ0) is 24.7. The van der Waals surface area contributed by atoms with Crippen LogP contribution in [-0.4, -0.2) is 67.1 Å². The second kappa shape index (κ2) is 9.86. The van der Waals surface area contributed by atoms with Gasteiger partial charge in [0.05, 0.1) is 7.11 Å². The smallest absolute Gasteiger partial charge is 0.334 e. The van der Waals surface area contributed by atoms with Crippen LogP contribution in [0, 0.1) is 5.92 Å². The Labute approximate surface area is 208 Å². The fourth-order valence-corrected chi connectivity index (χ4v) is 6.52. The molecule has 6 atom stereocenters. The van der Waals surface area contributed by atoms with E-state index in [-0.39, 0.29) is 30.2 Å². The topological polar surface area (TPSA) is 84.8 Å². The first-order chi connectivity index (χ1) is 16.9. The summed E-state index contributed by atoms with van der Waals surface area (Å²) < 4.78 is 38.0. The second-order valence-corrected chi connectivity index (χ2v) is 11.1. The lowest BCUT2D eigenvalue weighted by molar-refractivity contribution is -0.240. The van der Waals surface area contributed by atoms with Gasteiger partial charge in [-0.3, -0.25) is 4.99 Å². The van der Waals surface area contributed by atoms with Gasteiger partial charge in [0.15, 0.2) is 23.4 Å². The van der Waals surface area contributed by atoms with E-state index in [0.717, 1.165) is 51.4 Å². The maximum atomic E-state index is 12.9. The molecule has 0 radical (unpaired) electrons. The van der Waals surface area contributed by atoms with E-state index < -0.39 is 29.5 Å². The molecule has 2 saturated carbocycles. The van der Waals surface area contributed by atoms with Crippen molar-refractivity contribution in [3.63, 3.8) is 0 Å². The molecule has 0 bridgehead atoms. The summed E-state index contributed by atoms with van der Waals surface area (Å²) >= 11 is 0. The minimum atomic E-state index is -1.08. The van der Waals surface area contributed by atoms with Gasteiger partial charge in [-0.2, -0.15) is 0 Å². The maximum Gasteiger partial charge on any atom is 0.334 e. The predicted molar refractivity (Wildman–Crippen MR) is 129 cm³/mol. The van der Waals surface area contributed by atoms with Crippen LogP contribution in [0.1, 0.15) is 84.5 Å². The van der Waals surface area contributed by atoms with Gasteiger partial charge in [0, 0.05) is 38.3 Å². The molecular weight excluding hydrogens is 450 g/mol. The van der Waals surface area contributed by atoms with E-state index in [2.05, 4.69) is 6.58 Å². The molecule has 0 unspecified atom stereocenters. The van der Waals surface area contributed by atoms with Crippen molar-refractivity contribution in [3.8, 4) is 0 Å². The van der Waals surface area contributed by atoms with Crippen molar-refractivity contribution >= 4 is 12.2 Å². The fraction of sp³-hybridized carbons (Fsp3) is 0.852. The van der Waals surface area contributed by atoms with Crippen LogP contribution < -0.4 is 0 Å². The fourth-order valence-electron chi connectivity index (χ4n) is 6.52. The second-order valence-electron chi connectivity index (χ2n) is 11.1. The Morgan fingerprint density at radius 1 is 0.971 bits per heavy atom. The number of nitrogens with zero attached hydrogens (tertiary/aromatic N) is 1. The molecule has 0 aromatic carbocycles. The molecule has 8 heteroatoms. The van der Waals surface area contributed by atoms with Crippen LogP contribution in [0.4, 0.5) is 0 Å². The van der Waals surface area contributed by atoms with Crippen LogP contribution in [-0.2, 0) is 33.2 Å². The lowest BCUT2D eigenvalue weighted by atomic mass is 9.83. The first-order valence-electron chi connectivity index (χ1n) is 13.5. The third-order valence-corrected chi connectivity index (χ3v) is 8.55. The molecule has 2 spiro atoms. The molecule has 2 aliphatic carbocycles. The molecule has 3 aliphatic heterocycles. The van der Waals surface area contributed by atoms with Crippen LogP contribution >= 0.6 is 0 Å². The molecule has 0 N–H and O–H groups in total. The van der Waals surface area contributed by atoms with Crippen molar-refractivity contribution in [3.05, 3.63) is 12.7 Å². The van der Waals surface area contributed by atoms with Gasteiger partial charge in [0.1, 0.15) is 24.4 Å². The van der Waals surface area contributed by atoms with Crippen LogP contribution in [0.3, 0.4) is 0 Å². The van der Waals surface area contributed by atoms with Crippen molar-refractivity contribution in [2.75, 3.05) is 7.11 Å². The number of hydrogen-bond donors (Lipinski definition) is 0. The van der Waals surface area contributed by atoms with Gasteiger partial charge in [-0.25, -0.2) is 4.79 Å². The zero-order valence-corrected chi connectivity index (χ0v) is 21.4. The Morgan fingerprint density at radius 3 is 2.11 bits per heavy atom. The first-order valence-corrected chi connectivity index (χ1v) is 13.5. The highest BCUT2D eigenvalue weighted by Crippen LogP contribution is 2.50. The number of carbonyl (C=O) groups is 1. The Hall–Kier alpha value is -1.32. The summed E-state index contributed by atoms with van der Waals surface area (Å²) in [5.41, 5.74) is -1.08. The molecule has 5 rings (SSSR count). The van der Waals surface area contributed by atoms with Crippen molar-refractivity contribution in [1.82, 2.24) is 0 Å². The number of aliphatic imine (C=N–C) groups is 1. The summed E-state index contributed by atoms with van der Waals surface area (Å²) in [4.78, 5) is 17.7. The van der Waals surface area contributed by atoms with Gasteiger partial charge in [-0.05, 0) is 31.6 Å². The van der Waals surface area contributed by atoms with Crippen LogP contribution in [0.15, 0.2) is 17.6 Å². The maximum absolute atomic E-state index is 12.9. The van der Waals surface area contributed by atoms with Crippen molar-refractivity contribution in [1.29, 1.82) is 0 Å². The average Bonchev–Trinajstić information content (AvgIpc) is 3.39. The van der Waals surface area contributed by atoms with E-state index >= 15 is 0 Å². The molecule has 0 amide bonds. The molecule has 35 heavy (non-hydrogen) atoms. The van der Waals surface area contributed by atoms with Crippen LogP contribution in [0.5, 0.6) is 0 Å². The normalized spacial score (nSPS) is 37.3. The van der Waals surface area contributed by atoms with Gasteiger partial charge in [0.25, 0.3) is 0 Å². The van der Waals surface area contributed by atoms with Gasteiger partial charge in [-0.1, -0.05) is 32.8 Å². The third-order valence-electron chi connectivity index (χ3n) is 8.55. The average molecular weight is 492 g/mol. The van der Waals surface area contributed by atoms with Crippen LogP contribution in [0.2, 0.25) is 0 Å². The van der Waals surface area contributed by atoms with Gasteiger partial charge in [0.2, 0.25) is 0 Å². The van der Waals surface area contributed by atoms with E-state index in [1.165, 1.54) is 20.0 Å². The van der Waals surface area contributed by atoms with Gasteiger partial charge in [-0.15, -0.1) is 6.58 Å². The Kier molecular flexibility index (Phi) is 7.14. The Bertz CT molecular complexity index is 816. The summed E-state index contributed by atoms with van der Waals surface area (Å²) in [5.74, 6) is -1.70. The number of hydrogen-bond acceptors (Lipinski definition) is 8. The molecule has 5 aliphatic rings. The molecule has 5 fully saturated rings. The van der Waals surface area contributed by atoms with Crippen LogP contribution in [0.25, 0.3) is 0 Å².